The first-order chi connectivity index (χ1) is 8.03. The quantitative estimate of drug-likeness (QED) is 0.702. The van der Waals surface area contributed by atoms with Crippen LogP contribution in [0.4, 0.5) is 0 Å². The first-order valence-corrected chi connectivity index (χ1v) is 7.72. The van der Waals surface area contributed by atoms with Crippen molar-refractivity contribution in [3.63, 3.8) is 0 Å². The largest absolute Gasteiger partial charge is 0.349 e. The number of sulfone groups is 1. The van der Waals surface area contributed by atoms with Gasteiger partial charge in [-0.1, -0.05) is 0 Å². The Hall–Kier alpha value is -0.880. The van der Waals surface area contributed by atoms with Gasteiger partial charge in [-0.05, 0) is 25.3 Å². The first-order valence-electron chi connectivity index (χ1n) is 6.01. The summed E-state index contributed by atoms with van der Waals surface area (Å²) in [6.07, 6.45) is 4.67. The molecule has 4 unspecified atom stereocenters. The number of hydrogen-bond acceptors (Lipinski definition) is 4. The Kier molecular flexibility index (Phi) is 2.52. The van der Waals surface area contributed by atoms with Gasteiger partial charge in [0.15, 0.2) is 9.84 Å². The molecule has 2 fully saturated rings. The second-order valence-electron chi connectivity index (χ2n) is 5.16. The van der Waals surface area contributed by atoms with Gasteiger partial charge in [0.1, 0.15) is 0 Å². The number of rotatable bonds is 2. The van der Waals surface area contributed by atoms with Crippen LogP contribution in [0.3, 0.4) is 0 Å². The summed E-state index contributed by atoms with van der Waals surface area (Å²) in [5, 5.41) is 7.41. The maximum absolute atomic E-state index is 12.0. The highest BCUT2D eigenvalue weighted by Gasteiger charge is 2.43. The third-order valence-corrected chi connectivity index (χ3v) is 5.29. The third-order valence-electron chi connectivity index (χ3n) is 3.89. The van der Waals surface area contributed by atoms with E-state index in [1.54, 1.807) is 6.08 Å². The molecular weight excluding hydrogens is 240 g/mol. The van der Waals surface area contributed by atoms with Crippen molar-refractivity contribution in [2.45, 2.75) is 37.4 Å². The van der Waals surface area contributed by atoms with Crippen LogP contribution in [0.15, 0.2) is 11.5 Å². The van der Waals surface area contributed by atoms with Crippen LogP contribution >= 0.6 is 0 Å². The molecule has 17 heavy (non-hydrogen) atoms. The van der Waals surface area contributed by atoms with Crippen LogP contribution < -0.4 is 10.6 Å². The van der Waals surface area contributed by atoms with E-state index in [0.717, 1.165) is 19.3 Å². The van der Waals surface area contributed by atoms with Crippen molar-refractivity contribution in [3.05, 3.63) is 11.5 Å². The van der Waals surface area contributed by atoms with Crippen molar-refractivity contribution in [2.24, 2.45) is 5.92 Å². The average Bonchev–Trinajstić information content (AvgIpc) is 2.93. The Morgan fingerprint density at radius 2 is 2.18 bits per heavy atom. The zero-order valence-electron chi connectivity index (χ0n) is 9.43. The van der Waals surface area contributed by atoms with E-state index in [2.05, 4.69) is 10.6 Å². The predicted molar refractivity (Wildman–Crippen MR) is 62.9 cm³/mol. The van der Waals surface area contributed by atoms with Gasteiger partial charge in [-0.25, -0.2) is 8.42 Å². The standard InChI is InChI=1S/C11H16N2O3S/c14-11(9-5-7-1-2-10(9)12-7)13-8-3-4-17(15,16)6-8/h3-4,7-10,12H,1-2,5-6H2,(H,13,14). The number of amides is 1. The lowest BCUT2D eigenvalue weighted by Gasteiger charge is -2.21. The van der Waals surface area contributed by atoms with Gasteiger partial charge in [0, 0.05) is 17.5 Å². The molecule has 2 bridgehead atoms. The predicted octanol–water partition coefficient (Wildman–Crippen LogP) is -0.446. The van der Waals surface area contributed by atoms with Crippen molar-refractivity contribution in [1.29, 1.82) is 0 Å². The lowest BCUT2D eigenvalue weighted by molar-refractivity contribution is -0.125. The zero-order valence-corrected chi connectivity index (χ0v) is 10.2. The fraction of sp³-hybridized carbons (Fsp3) is 0.727. The number of carbonyl (C=O) groups excluding carboxylic acids is 1. The lowest BCUT2D eigenvalue weighted by Crippen LogP contribution is -2.43. The van der Waals surface area contributed by atoms with Crippen molar-refractivity contribution in [2.75, 3.05) is 5.75 Å². The van der Waals surface area contributed by atoms with E-state index in [1.807, 2.05) is 0 Å². The lowest BCUT2D eigenvalue weighted by atomic mass is 9.88. The molecule has 3 rings (SSSR count). The summed E-state index contributed by atoms with van der Waals surface area (Å²) in [5.74, 6) is 0.0226. The van der Waals surface area contributed by atoms with E-state index in [1.165, 1.54) is 5.41 Å². The Morgan fingerprint density at radius 1 is 1.35 bits per heavy atom. The van der Waals surface area contributed by atoms with Crippen molar-refractivity contribution >= 4 is 15.7 Å². The van der Waals surface area contributed by atoms with Gasteiger partial charge < -0.3 is 10.6 Å². The summed E-state index contributed by atoms with van der Waals surface area (Å²) in [4.78, 5) is 12.0. The molecule has 2 saturated heterocycles. The van der Waals surface area contributed by atoms with Crippen molar-refractivity contribution in [1.82, 2.24) is 10.6 Å². The second kappa shape index (κ2) is 3.81. The minimum atomic E-state index is -3.09. The van der Waals surface area contributed by atoms with Crippen LogP contribution in [0.1, 0.15) is 19.3 Å². The molecule has 0 radical (unpaired) electrons. The Bertz CT molecular complexity index is 471. The number of carbonyl (C=O) groups is 1. The molecule has 5 nitrogen and oxygen atoms in total. The maximum Gasteiger partial charge on any atom is 0.225 e. The van der Waals surface area contributed by atoms with Crippen LogP contribution in [0.5, 0.6) is 0 Å². The monoisotopic (exact) mass is 256 g/mol. The van der Waals surface area contributed by atoms with Gasteiger partial charge in [-0.3, -0.25) is 4.79 Å². The molecule has 0 aliphatic carbocycles. The topological polar surface area (TPSA) is 75.3 Å². The van der Waals surface area contributed by atoms with Crippen LogP contribution in [0.25, 0.3) is 0 Å². The molecule has 3 heterocycles. The number of nitrogens with one attached hydrogen (secondary N) is 2. The molecule has 0 aromatic heterocycles. The molecule has 0 saturated carbocycles. The molecule has 0 spiro atoms. The van der Waals surface area contributed by atoms with Crippen molar-refractivity contribution in [3.8, 4) is 0 Å². The van der Waals surface area contributed by atoms with Gasteiger partial charge in [0.25, 0.3) is 0 Å². The molecule has 3 aliphatic heterocycles. The van der Waals surface area contributed by atoms with E-state index in [0.29, 0.717) is 12.1 Å². The van der Waals surface area contributed by atoms with Gasteiger partial charge >= 0.3 is 0 Å². The molecule has 3 aliphatic rings. The van der Waals surface area contributed by atoms with E-state index in [9.17, 15) is 13.2 Å². The van der Waals surface area contributed by atoms with Crippen LogP contribution in [0.2, 0.25) is 0 Å². The molecule has 6 heteroatoms. The van der Waals surface area contributed by atoms with E-state index < -0.39 is 9.84 Å². The van der Waals surface area contributed by atoms with Gasteiger partial charge in [0.2, 0.25) is 5.91 Å². The van der Waals surface area contributed by atoms with E-state index in [-0.39, 0.29) is 23.6 Å². The first kappa shape index (κ1) is 11.2. The molecule has 0 aromatic rings. The fourth-order valence-electron chi connectivity index (χ4n) is 3.07. The molecule has 94 valence electrons. The number of hydrogen-bond donors (Lipinski definition) is 2. The van der Waals surface area contributed by atoms with Gasteiger partial charge in [-0.2, -0.15) is 0 Å². The normalized spacial score (nSPS) is 41.9. The molecule has 0 aromatic carbocycles. The highest BCUT2D eigenvalue weighted by atomic mass is 32.2. The summed E-state index contributed by atoms with van der Waals surface area (Å²) in [6.45, 7) is 0. The van der Waals surface area contributed by atoms with E-state index in [4.69, 9.17) is 0 Å². The van der Waals surface area contributed by atoms with Gasteiger partial charge in [-0.15, -0.1) is 0 Å². The van der Waals surface area contributed by atoms with Crippen LogP contribution in [-0.2, 0) is 14.6 Å². The molecular formula is C11H16N2O3S. The highest BCUT2D eigenvalue weighted by Crippen LogP contribution is 2.33. The zero-order chi connectivity index (χ0) is 12.0. The summed E-state index contributed by atoms with van der Waals surface area (Å²) < 4.78 is 22.4. The van der Waals surface area contributed by atoms with Crippen LogP contribution in [-0.4, -0.2) is 38.2 Å². The molecule has 1 amide bonds. The summed E-state index contributed by atoms with van der Waals surface area (Å²) >= 11 is 0. The summed E-state index contributed by atoms with van der Waals surface area (Å²) in [7, 11) is -3.09. The number of fused-ring (bicyclic) bond motifs is 2. The Balaban J connectivity index is 1.60. The van der Waals surface area contributed by atoms with Crippen LogP contribution in [0, 0.1) is 5.92 Å². The minimum Gasteiger partial charge on any atom is -0.349 e. The molecule has 2 N–H and O–H groups in total. The van der Waals surface area contributed by atoms with E-state index >= 15 is 0 Å². The minimum absolute atomic E-state index is 0.00329. The Labute approximate surface area is 101 Å². The average molecular weight is 256 g/mol. The highest BCUT2D eigenvalue weighted by molar-refractivity contribution is 7.94. The van der Waals surface area contributed by atoms with Crippen molar-refractivity contribution < 1.29 is 13.2 Å². The fourth-order valence-corrected chi connectivity index (χ4v) is 4.30. The maximum atomic E-state index is 12.0. The Morgan fingerprint density at radius 3 is 2.71 bits per heavy atom. The van der Waals surface area contributed by atoms with Gasteiger partial charge in [0.05, 0.1) is 17.7 Å². The molecule has 4 atom stereocenters. The smallest absolute Gasteiger partial charge is 0.225 e. The summed E-state index contributed by atoms with van der Waals surface area (Å²) in [6, 6.07) is 0.437. The second-order valence-corrected chi connectivity index (χ2v) is 7.09. The SMILES string of the molecule is O=C(NC1C=CS(=O)(=O)C1)C1CC2CCC1N2. The summed E-state index contributed by atoms with van der Waals surface area (Å²) in [5.41, 5.74) is 0. The third kappa shape index (κ3) is 2.11.